The summed E-state index contributed by atoms with van der Waals surface area (Å²) in [6.07, 6.45) is 0.128. The van der Waals surface area contributed by atoms with Crippen LogP contribution in [0.2, 0.25) is 0 Å². The zero-order valence-electron chi connectivity index (χ0n) is 16.1. The van der Waals surface area contributed by atoms with Crippen LogP contribution in [0.4, 0.5) is 0 Å². The van der Waals surface area contributed by atoms with Gasteiger partial charge in [-0.2, -0.15) is 0 Å². The number of ether oxygens (including phenoxy) is 1. The summed E-state index contributed by atoms with van der Waals surface area (Å²) in [7, 11) is 0. The minimum absolute atomic E-state index is 0.128. The van der Waals surface area contributed by atoms with Crippen molar-refractivity contribution in [3.63, 3.8) is 0 Å². The van der Waals surface area contributed by atoms with Crippen LogP contribution in [-0.2, 0) is 6.54 Å². The van der Waals surface area contributed by atoms with E-state index in [0.29, 0.717) is 0 Å². The highest BCUT2D eigenvalue weighted by molar-refractivity contribution is 5.84. The molecule has 0 radical (unpaired) electrons. The molecule has 1 aliphatic rings. The van der Waals surface area contributed by atoms with Crippen molar-refractivity contribution in [2.45, 2.75) is 26.5 Å². The number of piperazine rings is 1. The summed E-state index contributed by atoms with van der Waals surface area (Å²) in [6, 6.07) is 18.9. The molecule has 4 nitrogen and oxygen atoms in total. The number of nitrogens with zero attached hydrogens (tertiary/aromatic N) is 2. The fourth-order valence-corrected chi connectivity index (χ4v) is 3.64. The van der Waals surface area contributed by atoms with Crippen molar-refractivity contribution in [3.05, 3.63) is 60.2 Å². The monoisotopic (exact) mass is 361 g/mol. The summed E-state index contributed by atoms with van der Waals surface area (Å²) < 4.78 is 6.09. The largest absolute Gasteiger partial charge is 0.490 e. The van der Waals surface area contributed by atoms with E-state index in [0.717, 1.165) is 55.2 Å². The van der Waals surface area contributed by atoms with Gasteiger partial charge >= 0.3 is 0 Å². The average molecular weight is 361 g/mol. The lowest BCUT2D eigenvalue weighted by atomic mass is 10.0. The molecule has 0 amide bonds. The third-order valence-electron chi connectivity index (χ3n) is 4.91. The first kappa shape index (κ1) is 18.0. The van der Waals surface area contributed by atoms with E-state index in [1.165, 1.54) is 10.9 Å². The summed E-state index contributed by atoms with van der Waals surface area (Å²) in [6.45, 7) is 9.25. The Balaban J connectivity index is 1.81. The zero-order valence-corrected chi connectivity index (χ0v) is 16.1. The maximum Gasteiger partial charge on any atom is 0.129 e. The second-order valence-corrected chi connectivity index (χ2v) is 7.38. The van der Waals surface area contributed by atoms with Crippen LogP contribution >= 0.6 is 0 Å². The quantitative estimate of drug-likeness (QED) is 0.743. The van der Waals surface area contributed by atoms with E-state index >= 15 is 0 Å². The van der Waals surface area contributed by atoms with Gasteiger partial charge in [-0.05, 0) is 43.7 Å². The number of hydrogen-bond donors (Lipinski definition) is 1. The van der Waals surface area contributed by atoms with Gasteiger partial charge in [0.2, 0.25) is 0 Å². The SMILES string of the molecule is CC(C)Oc1ccccc1-c1nc2ccccc2cc1CN1CCNCC1. The van der Waals surface area contributed by atoms with E-state index in [4.69, 9.17) is 9.72 Å². The van der Waals surface area contributed by atoms with E-state index in [9.17, 15) is 0 Å². The summed E-state index contributed by atoms with van der Waals surface area (Å²) >= 11 is 0. The molecule has 1 aliphatic heterocycles. The molecule has 0 aliphatic carbocycles. The molecule has 0 spiro atoms. The number of para-hydroxylation sites is 2. The van der Waals surface area contributed by atoms with Gasteiger partial charge in [-0.3, -0.25) is 4.90 Å². The van der Waals surface area contributed by atoms with Gasteiger partial charge in [0.25, 0.3) is 0 Å². The summed E-state index contributed by atoms with van der Waals surface area (Å²) in [5, 5.41) is 4.62. The van der Waals surface area contributed by atoms with Gasteiger partial charge in [0, 0.05) is 43.7 Å². The van der Waals surface area contributed by atoms with Crippen LogP contribution in [0, 0.1) is 0 Å². The van der Waals surface area contributed by atoms with Gasteiger partial charge in [-0.1, -0.05) is 30.3 Å². The van der Waals surface area contributed by atoms with Crippen molar-refractivity contribution in [1.29, 1.82) is 0 Å². The van der Waals surface area contributed by atoms with Crippen LogP contribution in [0.3, 0.4) is 0 Å². The molecule has 0 bridgehead atoms. The van der Waals surface area contributed by atoms with Crippen molar-refractivity contribution in [3.8, 4) is 17.0 Å². The highest BCUT2D eigenvalue weighted by Gasteiger charge is 2.18. The lowest BCUT2D eigenvalue weighted by Crippen LogP contribution is -2.43. The lowest BCUT2D eigenvalue weighted by Gasteiger charge is -2.28. The first-order valence-corrected chi connectivity index (χ1v) is 9.78. The number of fused-ring (bicyclic) bond motifs is 1. The van der Waals surface area contributed by atoms with Gasteiger partial charge in [0.15, 0.2) is 0 Å². The van der Waals surface area contributed by atoms with Gasteiger partial charge in [0.1, 0.15) is 5.75 Å². The molecule has 4 heteroatoms. The van der Waals surface area contributed by atoms with Crippen molar-refractivity contribution in [2.75, 3.05) is 26.2 Å². The molecule has 1 aromatic heterocycles. The van der Waals surface area contributed by atoms with Crippen LogP contribution in [0.1, 0.15) is 19.4 Å². The number of nitrogens with one attached hydrogen (secondary N) is 1. The number of rotatable bonds is 5. The molecule has 3 aromatic rings. The highest BCUT2D eigenvalue weighted by atomic mass is 16.5. The predicted molar refractivity (Wildman–Crippen MR) is 111 cm³/mol. The number of aromatic nitrogens is 1. The second-order valence-electron chi connectivity index (χ2n) is 7.38. The lowest BCUT2D eigenvalue weighted by molar-refractivity contribution is 0.233. The minimum Gasteiger partial charge on any atom is -0.490 e. The van der Waals surface area contributed by atoms with Gasteiger partial charge in [-0.15, -0.1) is 0 Å². The van der Waals surface area contributed by atoms with E-state index in [-0.39, 0.29) is 6.10 Å². The maximum absolute atomic E-state index is 6.09. The number of benzene rings is 2. The molecule has 2 aromatic carbocycles. The molecule has 0 saturated carbocycles. The smallest absolute Gasteiger partial charge is 0.129 e. The molecule has 27 heavy (non-hydrogen) atoms. The molecule has 1 N–H and O–H groups in total. The number of pyridine rings is 1. The third kappa shape index (κ3) is 4.12. The Morgan fingerprint density at radius 2 is 1.78 bits per heavy atom. The van der Waals surface area contributed by atoms with E-state index < -0.39 is 0 Å². The first-order chi connectivity index (χ1) is 13.2. The topological polar surface area (TPSA) is 37.4 Å². The second kappa shape index (κ2) is 8.07. The van der Waals surface area contributed by atoms with Gasteiger partial charge in [-0.25, -0.2) is 4.98 Å². The Morgan fingerprint density at radius 3 is 2.59 bits per heavy atom. The van der Waals surface area contributed by atoms with Gasteiger partial charge < -0.3 is 10.1 Å². The van der Waals surface area contributed by atoms with Crippen molar-refractivity contribution >= 4 is 10.9 Å². The average Bonchev–Trinajstić information content (AvgIpc) is 2.68. The molecule has 0 unspecified atom stereocenters. The zero-order chi connectivity index (χ0) is 18.6. The van der Waals surface area contributed by atoms with Crippen LogP contribution in [0.5, 0.6) is 5.75 Å². The molecule has 140 valence electrons. The summed E-state index contributed by atoms with van der Waals surface area (Å²) in [4.78, 5) is 7.55. The minimum atomic E-state index is 0.128. The van der Waals surface area contributed by atoms with Crippen molar-refractivity contribution in [1.82, 2.24) is 15.2 Å². The third-order valence-corrected chi connectivity index (χ3v) is 4.91. The van der Waals surface area contributed by atoms with Crippen LogP contribution < -0.4 is 10.1 Å². The normalized spacial score (nSPS) is 15.4. The van der Waals surface area contributed by atoms with Crippen LogP contribution in [0.25, 0.3) is 22.2 Å². The predicted octanol–water partition coefficient (Wildman–Crippen LogP) is 4.09. The molecular formula is C23H27N3O. The molecule has 1 saturated heterocycles. The Labute approximate surface area is 161 Å². The van der Waals surface area contributed by atoms with E-state index in [1.54, 1.807) is 0 Å². The molecule has 4 rings (SSSR count). The van der Waals surface area contributed by atoms with E-state index in [2.05, 4.69) is 60.5 Å². The Morgan fingerprint density at radius 1 is 1.04 bits per heavy atom. The fourth-order valence-electron chi connectivity index (χ4n) is 3.64. The molecule has 2 heterocycles. The van der Waals surface area contributed by atoms with Crippen LogP contribution in [0.15, 0.2) is 54.6 Å². The Hall–Kier alpha value is -2.43. The van der Waals surface area contributed by atoms with E-state index in [1.807, 2.05) is 18.2 Å². The molecular weight excluding hydrogens is 334 g/mol. The van der Waals surface area contributed by atoms with Crippen LogP contribution in [-0.4, -0.2) is 42.2 Å². The van der Waals surface area contributed by atoms with Crippen molar-refractivity contribution in [2.24, 2.45) is 0 Å². The standard InChI is InChI=1S/C23H27N3O/c1-17(2)27-22-10-6-4-8-20(22)23-19(16-26-13-11-24-12-14-26)15-18-7-3-5-9-21(18)25-23/h3-10,15,17,24H,11-14,16H2,1-2H3. The summed E-state index contributed by atoms with van der Waals surface area (Å²) in [5.74, 6) is 0.900. The highest BCUT2D eigenvalue weighted by Crippen LogP contribution is 2.34. The summed E-state index contributed by atoms with van der Waals surface area (Å²) in [5.41, 5.74) is 4.39. The maximum atomic E-state index is 6.09. The van der Waals surface area contributed by atoms with Crippen molar-refractivity contribution < 1.29 is 4.74 Å². The fraction of sp³-hybridized carbons (Fsp3) is 0.348. The Kier molecular flexibility index (Phi) is 5.37. The Bertz CT molecular complexity index is 916. The first-order valence-electron chi connectivity index (χ1n) is 9.78. The molecule has 0 atom stereocenters. The molecule has 1 fully saturated rings. The number of hydrogen-bond acceptors (Lipinski definition) is 4. The van der Waals surface area contributed by atoms with Gasteiger partial charge in [0.05, 0.1) is 17.3 Å².